The maximum Gasteiger partial charge on any atom is 0.423 e. The van der Waals surface area contributed by atoms with Gasteiger partial charge >= 0.3 is 12.4 Å². The minimum atomic E-state index is -5.45. The molecule has 2 N–H and O–H groups in total. The smallest absolute Gasteiger partial charge is 0.354 e. The molecule has 1 aliphatic rings. The summed E-state index contributed by atoms with van der Waals surface area (Å²) in [6, 6.07) is 0. The highest BCUT2D eigenvalue weighted by Gasteiger charge is 2.61. The van der Waals surface area contributed by atoms with Crippen LogP contribution in [0.15, 0.2) is 0 Å². The molecule has 0 amide bonds. The molecule has 1 rings (SSSR count). The Morgan fingerprint density at radius 2 is 1.53 bits per heavy atom. The van der Waals surface area contributed by atoms with E-state index in [1.54, 1.807) is 0 Å². The summed E-state index contributed by atoms with van der Waals surface area (Å²) in [4.78, 5) is 0. The van der Waals surface area contributed by atoms with E-state index in [0.29, 0.717) is 6.42 Å². The number of ether oxygens (including phenoxy) is 1. The van der Waals surface area contributed by atoms with Gasteiger partial charge < -0.3 is 10.5 Å². The Morgan fingerprint density at radius 3 is 1.76 bits per heavy atom. The average Bonchev–Trinajstić information content (AvgIpc) is 2.04. The summed E-state index contributed by atoms with van der Waals surface area (Å²) in [5.41, 5.74) is 3.82. The first-order chi connectivity index (χ1) is 7.61. The van der Waals surface area contributed by atoms with E-state index >= 15 is 0 Å². The van der Waals surface area contributed by atoms with Crippen LogP contribution in [0.4, 0.5) is 26.3 Å². The zero-order valence-corrected chi connectivity index (χ0v) is 8.87. The van der Waals surface area contributed by atoms with Crippen molar-refractivity contribution in [2.24, 2.45) is 5.73 Å². The first kappa shape index (κ1) is 14.6. The lowest BCUT2D eigenvalue weighted by Crippen LogP contribution is -2.53. The average molecular weight is 265 g/mol. The summed E-state index contributed by atoms with van der Waals surface area (Å²) in [5, 5.41) is 0. The topological polar surface area (TPSA) is 35.2 Å². The first-order valence-corrected chi connectivity index (χ1v) is 5.12. The summed E-state index contributed by atoms with van der Waals surface area (Å²) >= 11 is 0. The van der Waals surface area contributed by atoms with Gasteiger partial charge in [-0.05, 0) is 32.2 Å². The zero-order valence-electron chi connectivity index (χ0n) is 8.87. The highest BCUT2D eigenvalue weighted by Crippen LogP contribution is 2.45. The molecule has 1 aliphatic carbocycles. The van der Waals surface area contributed by atoms with Gasteiger partial charge in [0.05, 0.1) is 5.60 Å². The van der Waals surface area contributed by atoms with Gasteiger partial charge in [0.15, 0.2) is 0 Å². The second kappa shape index (κ2) is 4.64. The van der Waals surface area contributed by atoms with Gasteiger partial charge in [-0.1, -0.05) is 0 Å². The normalized spacial score (nSPS) is 20.5. The molecule has 0 saturated heterocycles. The Hall–Kier alpha value is -0.500. The lowest BCUT2D eigenvalue weighted by atomic mass is 9.77. The molecule has 0 heterocycles. The number of rotatable bonds is 4. The fourth-order valence-electron chi connectivity index (χ4n) is 1.83. The van der Waals surface area contributed by atoms with E-state index in [-0.39, 0.29) is 25.8 Å². The molecule has 0 spiro atoms. The van der Waals surface area contributed by atoms with Gasteiger partial charge in [-0.15, -0.1) is 0 Å². The van der Waals surface area contributed by atoms with Gasteiger partial charge in [-0.2, -0.15) is 26.3 Å². The predicted octanol–water partition coefficient (Wildman–Crippen LogP) is 2.77. The van der Waals surface area contributed by atoms with E-state index in [2.05, 4.69) is 4.74 Å². The largest absolute Gasteiger partial charge is 0.423 e. The number of hydrogen-bond acceptors (Lipinski definition) is 2. The monoisotopic (exact) mass is 265 g/mol. The molecule has 1 fully saturated rings. The molecule has 1 saturated carbocycles. The van der Waals surface area contributed by atoms with Gasteiger partial charge in [-0.25, -0.2) is 0 Å². The fourth-order valence-corrected chi connectivity index (χ4v) is 1.83. The summed E-state index contributed by atoms with van der Waals surface area (Å²) in [6.07, 6.45) is -13.7. The summed E-state index contributed by atoms with van der Waals surface area (Å²) < 4.78 is 77.9. The highest BCUT2D eigenvalue weighted by atomic mass is 19.4. The van der Waals surface area contributed by atoms with Crippen molar-refractivity contribution in [3.63, 3.8) is 0 Å². The molecule has 0 atom stereocenters. The van der Waals surface area contributed by atoms with E-state index in [9.17, 15) is 26.3 Å². The molecule has 0 aromatic rings. The van der Waals surface area contributed by atoms with Crippen molar-refractivity contribution in [1.29, 1.82) is 0 Å². The second-order valence-corrected chi connectivity index (χ2v) is 4.16. The Morgan fingerprint density at radius 1 is 1.06 bits per heavy atom. The predicted molar refractivity (Wildman–Crippen MR) is 47.2 cm³/mol. The lowest BCUT2D eigenvalue weighted by Gasteiger charge is -2.44. The molecule has 102 valence electrons. The molecule has 0 bridgehead atoms. The number of alkyl halides is 6. The standard InChI is InChI=1S/C9H13F6NO/c10-8(11,12)6(9(13,14)15)17-7(4-5-16)2-1-3-7/h6H,1-5,16H2. The van der Waals surface area contributed by atoms with Gasteiger partial charge in [0.2, 0.25) is 6.10 Å². The van der Waals surface area contributed by atoms with Gasteiger partial charge in [0.1, 0.15) is 0 Å². The maximum atomic E-state index is 12.3. The van der Waals surface area contributed by atoms with Crippen LogP contribution in [0.3, 0.4) is 0 Å². The van der Waals surface area contributed by atoms with Crippen molar-refractivity contribution in [1.82, 2.24) is 0 Å². The minimum absolute atomic E-state index is 0.00241. The Labute approximate surface area is 94.1 Å². The van der Waals surface area contributed by atoms with E-state index in [1.807, 2.05) is 0 Å². The molecule has 0 radical (unpaired) electrons. The molecular formula is C9H13F6NO. The molecule has 17 heavy (non-hydrogen) atoms. The second-order valence-electron chi connectivity index (χ2n) is 4.16. The third kappa shape index (κ3) is 3.48. The quantitative estimate of drug-likeness (QED) is 0.793. The van der Waals surface area contributed by atoms with Crippen LogP contribution in [0.2, 0.25) is 0 Å². The SMILES string of the molecule is NCCC1(OC(C(F)(F)F)C(F)(F)F)CCC1. The molecule has 0 unspecified atom stereocenters. The summed E-state index contributed by atoms with van der Waals surface area (Å²) in [5.74, 6) is 0. The molecule has 0 aliphatic heterocycles. The molecule has 0 aromatic heterocycles. The van der Waals surface area contributed by atoms with Crippen LogP contribution >= 0.6 is 0 Å². The van der Waals surface area contributed by atoms with E-state index < -0.39 is 24.1 Å². The van der Waals surface area contributed by atoms with E-state index in [4.69, 9.17) is 5.73 Å². The maximum absolute atomic E-state index is 12.3. The lowest BCUT2D eigenvalue weighted by molar-refractivity contribution is -0.352. The third-order valence-electron chi connectivity index (χ3n) is 2.83. The molecule has 2 nitrogen and oxygen atoms in total. The Balaban J connectivity index is 2.79. The van der Waals surface area contributed by atoms with Crippen LogP contribution in [-0.2, 0) is 4.74 Å². The van der Waals surface area contributed by atoms with Crippen molar-refractivity contribution < 1.29 is 31.1 Å². The van der Waals surface area contributed by atoms with Crippen LogP contribution in [0, 0.1) is 0 Å². The van der Waals surface area contributed by atoms with Crippen LogP contribution in [0.1, 0.15) is 25.7 Å². The number of nitrogens with two attached hydrogens (primary N) is 1. The fraction of sp³-hybridized carbons (Fsp3) is 1.00. The van der Waals surface area contributed by atoms with E-state index in [1.165, 1.54) is 0 Å². The van der Waals surface area contributed by atoms with Crippen molar-refractivity contribution in [3.05, 3.63) is 0 Å². The number of hydrogen-bond donors (Lipinski definition) is 1. The molecular weight excluding hydrogens is 252 g/mol. The highest BCUT2D eigenvalue weighted by molar-refractivity contribution is 4.93. The van der Waals surface area contributed by atoms with Crippen molar-refractivity contribution in [3.8, 4) is 0 Å². The van der Waals surface area contributed by atoms with Crippen LogP contribution in [0.5, 0.6) is 0 Å². The van der Waals surface area contributed by atoms with Crippen LogP contribution in [-0.4, -0.2) is 30.6 Å². The number of halogens is 6. The Bertz CT molecular complexity index is 243. The summed E-state index contributed by atoms with van der Waals surface area (Å²) in [6.45, 7) is 0.00241. The van der Waals surface area contributed by atoms with Gasteiger partial charge in [0.25, 0.3) is 0 Å². The van der Waals surface area contributed by atoms with Crippen molar-refractivity contribution in [2.45, 2.75) is 49.7 Å². The molecule has 0 aromatic carbocycles. The summed E-state index contributed by atoms with van der Waals surface area (Å²) in [7, 11) is 0. The van der Waals surface area contributed by atoms with Crippen molar-refractivity contribution in [2.75, 3.05) is 6.54 Å². The van der Waals surface area contributed by atoms with Crippen molar-refractivity contribution >= 4 is 0 Å². The Kier molecular flexibility index (Phi) is 3.97. The third-order valence-corrected chi connectivity index (χ3v) is 2.83. The minimum Gasteiger partial charge on any atom is -0.354 e. The zero-order chi connectivity index (χ0) is 13.3. The van der Waals surface area contributed by atoms with E-state index in [0.717, 1.165) is 0 Å². The van der Waals surface area contributed by atoms with Crippen LogP contribution in [0.25, 0.3) is 0 Å². The molecule has 8 heteroatoms. The first-order valence-electron chi connectivity index (χ1n) is 5.12. The van der Waals surface area contributed by atoms with Crippen LogP contribution < -0.4 is 5.73 Å². The van der Waals surface area contributed by atoms with Gasteiger partial charge in [0, 0.05) is 0 Å². The van der Waals surface area contributed by atoms with Gasteiger partial charge in [-0.3, -0.25) is 0 Å².